The average Bonchev–Trinajstić information content (AvgIpc) is 2.13. The highest BCUT2D eigenvalue weighted by Crippen LogP contribution is 2.08. The molecular weight excluding hydrogens is 154 g/mol. The summed E-state index contributed by atoms with van der Waals surface area (Å²) in [6.07, 6.45) is 1.61. The van der Waals surface area contributed by atoms with Crippen LogP contribution in [0.4, 0.5) is 5.82 Å². The summed E-state index contributed by atoms with van der Waals surface area (Å²) in [5.74, 6) is 1.28. The number of nitriles is 1. The van der Waals surface area contributed by atoms with Crippen LogP contribution in [0.2, 0.25) is 0 Å². The number of nitrogens with two attached hydrogens (primary N) is 1. The lowest BCUT2D eigenvalue weighted by atomic mass is 10.4. The summed E-state index contributed by atoms with van der Waals surface area (Å²) in [6.45, 7) is 6.09. The second kappa shape index (κ2) is 5.98. The van der Waals surface area contributed by atoms with Crippen LogP contribution in [0, 0.1) is 11.8 Å². The van der Waals surface area contributed by atoms with E-state index in [-0.39, 0.29) is 0 Å². The number of pyridine rings is 1. The van der Waals surface area contributed by atoms with E-state index in [1.54, 1.807) is 18.3 Å². The number of nitrogens with zero attached hydrogens (tertiary/aromatic N) is 2. The smallest absolute Gasteiger partial charge is 0.137 e. The Balaban J connectivity index is 0.000000561. The first-order chi connectivity index (χ1) is 5.83. The zero-order chi connectivity index (χ0) is 9.40. The molecule has 0 aromatic carbocycles. The molecule has 2 N–H and O–H groups in total. The van der Waals surface area contributed by atoms with E-state index in [0.29, 0.717) is 12.4 Å². The topological polar surface area (TPSA) is 71.9 Å². The Bertz CT molecular complexity index is 230. The molecule has 1 rings (SSSR count). The van der Waals surface area contributed by atoms with Crippen molar-refractivity contribution in [1.29, 1.82) is 5.26 Å². The normalized spacial score (nSPS) is 7.92. The Kier molecular flexibility index (Phi) is 5.11. The van der Waals surface area contributed by atoms with Crippen molar-refractivity contribution < 1.29 is 4.74 Å². The molecule has 0 aliphatic heterocycles. The SMILES string of the molecule is C#N.CCOc1ccc(N)nc1. The molecule has 0 unspecified atom stereocenters. The van der Waals surface area contributed by atoms with Crippen molar-refractivity contribution in [3.05, 3.63) is 18.3 Å². The van der Waals surface area contributed by atoms with Gasteiger partial charge in [0.2, 0.25) is 0 Å². The molecular formula is C8H11N3O. The van der Waals surface area contributed by atoms with Gasteiger partial charge in [0.05, 0.1) is 12.8 Å². The van der Waals surface area contributed by atoms with Gasteiger partial charge < -0.3 is 10.5 Å². The van der Waals surface area contributed by atoms with E-state index in [4.69, 9.17) is 15.7 Å². The van der Waals surface area contributed by atoms with Crippen molar-refractivity contribution in [2.45, 2.75) is 6.92 Å². The molecule has 0 atom stereocenters. The number of hydrogen-bond donors (Lipinski definition) is 1. The van der Waals surface area contributed by atoms with E-state index in [0.717, 1.165) is 5.75 Å². The van der Waals surface area contributed by atoms with E-state index >= 15 is 0 Å². The van der Waals surface area contributed by atoms with Gasteiger partial charge in [-0.05, 0) is 19.1 Å². The van der Waals surface area contributed by atoms with E-state index in [1.165, 1.54) is 0 Å². The molecule has 0 saturated carbocycles. The van der Waals surface area contributed by atoms with Gasteiger partial charge >= 0.3 is 0 Å². The predicted molar refractivity (Wildman–Crippen MR) is 46.5 cm³/mol. The van der Waals surface area contributed by atoms with Gasteiger partial charge in [0.15, 0.2) is 0 Å². The van der Waals surface area contributed by atoms with Gasteiger partial charge in [-0.15, -0.1) is 0 Å². The summed E-state index contributed by atoms with van der Waals surface area (Å²) in [5.41, 5.74) is 5.36. The largest absolute Gasteiger partial charge is 0.492 e. The maximum absolute atomic E-state index is 6.50. The monoisotopic (exact) mass is 165 g/mol. The molecule has 64 valence electrons. The number of rotatable bonds is 2. The van der Waals surface area contributed by atoms with Crippen LogP contribution in [0.25, 0.3) is 0 Å². The van der Waals surface area contributed by atoms with Crippen molar-refractivity contribution in [2.75, 3.05) is 12.3 Å². The molecule has 0 aliphatic rings. The lowest BCUT2D eigenvalue weighted by molar-refractivity contribution is 0.339. The fourth-order valence-corrected chi connectivity index (χ4v) is 0.644. The second-order valence-electron chi connectivity index (χ2n) is 1.85. The molecule has 1 aromatic rings. The van der Waals surface area contributed by atoms with Crippen LogP contribution in [0.15, 0.2) is 18.3 Å². The van der Waals surface area contributed by atoms with Gasteiger partial charge in [-0.2, -0.15) is 0 Å². The molecule has 0 spiro atoms. The molecule has 12 heavy (non-hydrogen) atoms. The van der Waals surface area contributed by atoms with Crippen molar-refractivity contribution in [3.63, 3.8) is 0 Å². The number of anilines is 1. The third kappa shape index (κ3) is 3.42. The number of hydrogen-bond acceptors (Lipinski definition) is 4. The lowest BCUT2D eigenvalue weighted by Gasteiger charge is -2.00. The van der Waals surface area contributed by atoms with Gasteiger partial charge in [0, 0.05) is 6.57 Å². The van der Waals surface area contributed by atoms with Crippen molar-refractivity contribution in [2.24, 2.45) is 0 Å². The van der Waals surface area contributed by atoms with E-state index in [9.17, 15) is 0 Å². The van der Waals surface area contributed by atoms with Crippen LogP contribution >= 0.6 is 0 Å². The molecule has 0 radical (unpaired) electrons. The van der Waals surface area contributed by atoms with Crippen LogP contribution < -0.4 is 10.5 Å². The lowest BCUT2D eigenvalue weighted by Crippen LogP contribution is -1.93. The standard InChI is InChI=1S/C7H10N2O.CHN/c1-2-10-6-3-4-7(8)9-5-6;1-2/h3-5H,2H2,1H3,(H2,8,9);1H. The molecule has 0 amide bonds. The van der Waals surface area contributed by atoms with Crippen molar-refractivity contribution >= 4 is 5.82 Å². The minimum atomic E-state index is 0.517. The fourth-order valence-electron chi connectivity index (χ4n) is 0.644. The second-order valence-corrected chi connectivity index (χ2v) is 1.85. The Morgan fingerprint density at radius 1 is 1.58 bits per heavy atom. The van der Waals surface area contributed by atoms with Crippen LogP contribution in [0.5, 0.6) is 5.75 Å². The maximum Gasteiger partial charge on any atom is 0.137 e. The van der Waals surface area contributed by atoms with Crippen LogP contribution in [0.3, 0.4) is 0 Å². The van der Waals surface area contributed by atoms with Gasteiger partial charge in [-0.25, -0.2) is 10.2 Å². The number of aromatic nitrogens is 1. The van der Waals surface area contributed by atoms with Gasteiger partial charge in [0.1, 0.15) is 11.6 Å². The highest BCUT2D eigenvalue weighted by atomic mass is 16.5. The summed E-state index contributed by atoms with van der Waals surface area (Å²) in [4.78, 5) is 3.85. The van der Waals surface area contributed by atoms with Crippen molar-refractivity contribution in [1.82, 2.24) is 4.98 Å². The number of nitrogen functional groups attached to an aromatic ring is 1. The summed E-state index contributed by atoms with van der Waals surface area (Å²) >= 11 is 0. The molecule has 0 aliphatic carbocycles. The average molecular weight is 165 g/mol. The van der Waals surface area contributed by atoms with Gasteiger partial charge in [0.25, 0.3) is 0 Å². The molecule has 0 fully saturated rings. The quantitative estimate of drug-likeness (QED) is 0.714. The summed E-state index contributed by atoms with van der Waals surface area (Å²) in [5, 5.41) is 6.50. The van der Waals surface area contributed by atoms with Gasteiger partial charge in [-0.1, -0.05) is 0 Å². The maximum atomic E-state index is 6.50. The first kappa shape index (κ1) is 10.2. The Hall–Kier alpha value is -1.76. The third-order valence-electron chi connectivity index (χ3n) is 1.07. The van der Waals surface area contributed by atoms with Crippen LogP contribution in [0.1, 0.15) is 6.92 Å². The Labute approximate surface area is 71.6 Å². The highest BCUT2D eigenvalue weighted by Gasteiger charge is 1.89. The fraction of sp³-hybridized carbons (Fsp3) is 0.250. The molecule has 0 bridgehead atoms. The minimum Gasteiger partial charge on any atom is -0.492 e. The van der Waals surface area contributed by atoms with Crippen LogP contribution in [-0.4, -0.2) is 11.6 Å². The third-order valence-corrected chi connectivity index (χ3v) is 1.07. The summed E-state index contributed by atoms with van der Waals surface area (Å²) in [6, 6.07) is 3.51. The molecule has 0 saturated heterocycles. The molecule has 1 heterocycles. The zero-order valence-electron chi connectivity index (χ0n) is 6.90. The van der Waals surface area contributed by atoms with Gasteiger partial charge in [-0.3, -0.25) is 0 Å². The highest BCUT2D eigenvalue weighted by molar-refractivity contribution is 5.31. The first-order valence-corrected chi connectivity index (χ1v) is 3.43. The summed E-state index contributed by atoms with van der Waals surface area (Å²) < 4.78 is 5.14. The van der Waals surface area contributed by atoms with E-state index in [2.05, 4.69) is 11.6 Å². The number of ether oxygens (including phenoxy) is 1. The van der Waals surface area contributed by atoms with Crippen molar-refractivity contribution in [3.8, 4) is 12.3 Å². The Morgan fingerprint density at radius 3 is 2.67 bits per heavy atom. The Morgan fingerprint density at radius 2 is 2.25 bits per heavy atom. The summed E-state index contributed by atoms with van der Waals surface area (Å²) in [7, 11) is 0. The zero-order valence-corrected chi connectivity index (χ0v) is 6.90. The minimum absolute atomic E-state index is 0.517. The van der Waals surface area contributed by atoms with Crippen LogP contribution in [-0.2, 0) is 0 Å². The predicted octanol–water partition coefficient (Wildman–Crippen LogP) is 1.20. The molecule has 4 nitrogen and oxygen atoms in total. The first-order valence-electron chi connectivity index (χ1n) is 3.43. The molecule has 4 heteroatoms. The van der Waals surface area contributed by atoms with E-state index < -0.39 is 0 Å². The molecule has 1 aromatic heterocycles. The van der Waals surface area contributed by atoms with E-state index in [1.807, 2.05) is 6.92 Å².